The molecular formula is C39H73N9O4. The average molecular weight is 732 g/mol. The average Bonchev–Trinajstić information content (AvgIpc) is 3.18. The van der Waals surface area contributed by atoms with E-state index in [0.29, 0.717) is 19.3 Å². The summed E-state index contributed by atoms with van der Waals surface area (Å²) in [5, 5.41) is 61.1. The van der Waals surface area contributed by atoms with Gasteiger partial charge in [-0.1, -0.05) is 86.5 Å². The Morgan fingerprint density at radius 1 is 0.558 bits per heavy atom. The summed E-state index contributed by atoms with van der Waals surface area (Å²) in [5.74, 6) is -0.452. The molecule has 298 valence electrons. The Bertz CT molecular complexity index is 838. The van der Waals surface area contributed by atoms with Gasteiger partial charge in [-0.15, -0.1) is 0 Å². The number of carbonyl (C=O) groups is 1. The van der Waals surface area contributed by atoms with Gasteiger partial charge in [0.25, 0.3) is 0 Å². The van der Waals surface area contributed by atoms with Crippen molar-refractivity contribution >= 4 is 12.1 Å². The van der Waals surface area contributed by atoms with Crippen LogP contribution in [0.25, 0.3) is 0 Å². The van der Waals surface area contributed by atoms with Crippen LogP contribution in [0.3, 0.4) is 0 Å². The predicted molar refractivity (Wildman–Crippen MR) is 208 cm³/mol. The normalized spacial score (nSPS) is 7.77. The molecule has 1 atom stereocenters. The minimum absolute atomic E-state index is 0.241. The van der Waals surface area contributed by atoms with E-state index in [1.165, 1.54) is 25.7 Å². The zero-order chi connectivity index (χ0) is 43.0. The molecule has 0 bridgehead atoms. The summed E-state index contributed by atoms with van der Waals surface area (Å²) in [6.45, 7) is 23.1. The molecule has 0 saturated carbocycles. The number of hydrogen-bond acceptors (Lipinski definition) is 12. The maximum absolute atomic E-state index is 9.76. The van der Waals surface area contributed by atoms with Gasteiger partial charge in [-0.2, -0.15) is 35.9 Å². The lowest BCUT2D eigenvalue weighted by Crippen LogP contribution is -2.00. The fraction of sp³-hybridized carbons (Fsp3) is 0.769. The van der Waals surface area contributed by atoms with E-state index in [1.54, 1.807) is 0 Å². The lowest BCUT2D eigenvalue weighted by Gasteiger charge is -1.94. The number of hydrogen-bond donors (Lipinski definition) is 3. The second-order valence-corrected chi connectivity index (χ2v) is 10.1. The van der Waals surface area contributed by atoms with E-state index >= 15 is 0 Å². The van der Waals surface area contributed by atoms with Crippen molar-refractivity contribution in [3.05, 3.63) is 0 Å². The molecule has 13 nitrogen and oxygen atoms in total. The number of rotatable bonds is 17. The number of nitrogens with two attached hydrogens (primary N) is 2. The highest BCUT2D eigenvalue weighted by molar-refractivity contribution is 5.66. The molecule has 5 N–H and O–H groups in total. The molecule has 0 aliphatic rings. The number of unbranched alkanes of at least 4 members (excludes halogenated alkanes) is 12. The van der Waals surface area contributed by atoms with E-state index in [4.69, 9.17) is 63.0 Å². The molecule has 0 saturated heterocycles. The van der Waals surface area contributed by atoms with Crippen molar-refractivity contribution < 1.29 is 19.5 Å². The van der Waals surface area contributed by atoms with Gasteiger partial charge in [0.1, 0.15) is 0 Å². The van der Waals surface area contributed by atoms with E-state index in [-0.39, 0.29) is 12.1 Å². The zero-order valence-electron chi connectivity index (χ0n) is 33.7. The Kier molecular flexibility index (Phi) is 155. The molecule has 0 amide bonds. The smallest absolute Gasteiger partial charge is 0.373 e. The van der Waals surface area contributed by atoms with Crippen LogP contribution in [0.2, 0.25) is 0 Å². The van der Waals surface area contributed by atoms with Gasteiger partial charge >= 0.3 is 12.1 Å². The van der Waals surface area contributed by atoms with Gasteiger partial charge < -0.3 is 16.6 Å². The van der Waals surface area contributed by atoms with Gasteiger partial charge in [-0.25, -0.2) is 10.5 Å². The van der Waals surface area contributed by atoms with Crippen LogP contribution in [-0.2, 0) is 14.4 Å². The van der Waals surface area contributed by atoms with Crippen LogP contribution in [0.1, 0.15) is 177 Å². The fourth-order valence-corrected chi connectivity index (χ4v) is 1.98. The molecule has 0 aromatic rings. The van der Waals surface area contributed by atoms with Crippen molar-refractivity contribution in [2.45, 2.75) is 177 Å². The van der Waals surface area contributed by atoms with Gasteiger partial charge in [0.15, 0.2) is 0 Å². The number of carboxylic acid groups (broad SMARTS) is 1. The summed E-state index contributed by atoms with van der Waals surface area (Å²) in [4.78, 5) is 26.0. The molecule has 0 aliphatic carbocycles. The van der Waals surface area contributed by atoms with Crippen LogP contribution in [0.15, 0.2) is 0 Å². The molecule has 0 fully saturated rings. The van der Waals surface area contributed by atoms with Gasteiger partial charge in [0, 0.05) is 51.2 Å². The van der Waals surface area contributed by atoms with Crippen molar-refractivity contribution in [3.8, 4) is 43.5 Å². The first kappa shape index (κ1) is 72.8. The van der Waals surface area contributed by atoms with Crippen LogP contribution in [-0.4, -0.2) is 30.3 Å². The quantitative estimate of drug-likeness (QED) is 0.117. The Morgan fingerprint density at radius 2 is 0.846 bits per heavy atom. The first-order valence-corrected chi connectivity index (χ1v) is 18.1. The van der Waals surface area contributed by atoms with E-state index in [9.17, 15) is 4.79 Å². The maximum atomic E-state index is 9.76. The minimum atomic E-state index is -0.693. The van der Waals surface area contributed by atoms with Crippen molar-refractivity contribution in [2.75, 3.05) is 13.1 Å². The fourth-order valence-electron chi connectivity index (χ4n) is 1.98. The highest BCUT2D eigenvalue weighted by Gasteiger charge is 1.91. The van der Waals surface area contributed by atoms with Crippen LogP contribution in [0.4, 0.5) is 0 Å². The first-order valence-electron chi connectivity index (χ1n) is 18.1. The predicted octanol–water partition coefficient (Wildman–Crippen LogP) is 9.78. The maximum Gasteiger partial charge on any atom is 0.373 e. The molecule has 0 rings (SSSR count). The molecule has 0 radical (unpaired) electrons. The van der Waals surface area contributed by atoms with Gasteiger partial charge in [0.05, 0.1) is 30.3 Å². The van der Waals surface area contributed by atoms with Crippen LogP contribution in [0, 0.1) is 86.2 Å². The number of carbonyl (C=O) groups excluding carboxylic acids is 2. The van der Waals surface area contributed by atoms with E-state index < -0.39 is 5.97 Å². The molecule has 52 heavy (non-hydrogen) atoms. The monoisotopic (exact) mass is 732 g/mol. The Morgan fingerprint density at radius 3 is 0.962 bits per heavy atom. The largest absolute Gasteiger partial charge is 0.481 e. The summed E-state index contributed by atoms with van der Waals surface area (Å²) in [6, 6.07) is 10.3. The standard InChI is InChI=1S/C6H16N2.C6H8N2.3C5H9N.C5H10O2.C4H10.2CHN.CO2/c2*7-5-3-1-2-4-6-8;1-3-5(2)4-6;2*1-2-3-4-5-6;1-2-3-4-5(6)7;1-3-4-2;2*1-2;2-1-3/h1-8H2;1-4H2;5H,3H2,1-2H3;2*2-4H2,1H3;2-4H2,1H3,(H,6,7);3-4H2,1-2H3;2*1H;. The molecule has 13 heteroatoms. The highest BCUT2D eigenvalue weighted by Crippen LogP contribution is 1.96. The number of nitrogens with zero attached hydrogens (tertiary/aromatic N) is 7. The number of carboxylic acids is 1. The number of aliphatic carboxylic acids is 1. The second kappa shape index (κ2) is 111. The van der Waals surface area contributed by atoms with Crippen LogP contribution >= 0.6 is 0 Å². The molecular weight excluding hydrogens is 658 g/mol. The Balaban J connectivity index is -0.0000000483. The topological polar surface area (TPSA) is 290 Å². The van der Waals surface area contributed by atoms with Gasteiger partial charge in [-0.05, 0) is 71.4 Å². The SMILES string of the molecule is C#N.C#N.CCC(C)C#N.CCCC.CCCCC#N.CCCCC#N.CCCCC(=O)O.N#CCCCCC#N.NCCCCCCN.O=C=O. The van der Waals surface area contributed by atoms with Crippen molar-refractivity contribution in [3.63, 3.8) is 0 Å². The van der Waals surface area contributed by atoms with E-state index in [0.717, 1.165) is 96.6 Å². The highest BCUT2D eigenvalue weighted by atomic mass is 16.4. The summed E-state index contributed by atoms with van der Waals surface area (Å²) in [6.07, 6.45) is 19.4. The van der Waals surface area contributed by atoms with E-state index in [2.05, 4.69) is 59.0 Å². The molecule has 0 spiro atoms. The molecule has 0 aromatic heterocycles. The Hall–Kier alpha value is -4.80. The third-order valence-corrected chi connectivity index (χ3v) is 5.35. The van der Waals surface area contributed by atoms with E-state index in [1.807, 2.05) is 32.9 Å². The molecule has 0 aliphatic heterocycles. The van der Waals surface area contributed by atoms with Crippen LogP contribution in [0.5, 0.6) is 0 Å². The van der Waals surface area contributed by atoms with Crippen LogP contribution < -0.4 is 11.5 Å². The Labute approximate surface area is 318 Å². The van der Waals surface area contributed by atoms with Crippen molar-refractivity contribution in [1.82, 2.24) is 0 Å². The minimum Gasteiger partial charge on any atom is -0.481 e. The van der Waals surface area contributed by atoms with Gasteiger partial charge in [0.2, 0.25) is 0 Å². The summed E-state index contributed by atoms with van der Waals surface area (Å²) >= 11 is 0. The summed E-state index contributed by atoms with van der Waals surface area (Å²) in [5.41, 5.74) is 10.6. The lowest BCUT2D eigenvalue weighted by atomic mass is 10.2. The van der Waals surface area contributed by atoms with Gasteiger partial charge in [-0.3, -0.25) is 4.79 Å². The van der Waals surface area contributed by atoms with Crippen molar-refractivity contribution in [1.29, 1.82) is 36.8 Å². The third-order valence-electron chi connectivity index (χ3n) is 5.35. The summed E-state index contributed by atoms with van der Waals surface area (Å²) in [7, 11) is 0. The number of nitriles is 7. The first-order chi connectivity index (χ1) is 25.1. The lowest BCUT2D eigenvalue weighted by molar-refractivity contribution is -0.191. The molecule has 0 heterocycles. The second-order valence-electron chi connectivity index (χ2n) is 10.1. The third kappa shape index (κ3) is 216. The summed E-state index contributed by atoms with van der Waals surface area (Å²) < 4.78 is 0. The molecule has 1 unspecified atom stereocenters. The zero-order valence-corrected chi connectivity index (χ0v) is 33.7. The van der Waals surface area contributed by atoms with Crippen molar-refractivity contribution in [2.24, 2.45) is 17.4 Å². The molecule has 0 aromatic carbocycles.